The lowest BCUT2D eigenvalue weighted by Crippen LogP contribution is -2.36. The molecule has 0 amide bonds. The fraction of sp³-hybridized carbons (Fsp3) is 0.818. The molecule has 1 aliphatic carbocycles. The summed E-state index contributed by atoms with van der Waals surface area (Å²) in [5.41, 5.74) is 0. The van der Waals surface area contributed by atoms with E-state index in [9.17, 15) is 0 Å². The molecule has 1 unspecified atom stereocenters. The van der Waals surface area contributed by atoms with E-state index in [0.717, 1.165) is 19.1 Å². The van der Waals surface area contributed by atoms with Crippen molar-refractivity contribution in [3.05, 3.63) is 12.7 Å². The van der Waals surface area contributed by atoms with Gasteiger partial charge in [-0.05, 0) is 39.8 Å². The Labute approximate surface area is 82.0 Å². The predicted molar refractivity (Wildman–Crippen MR) is 57.9 cm³/mol. The van der Waals surface area contributed by atoms with Crippen molar-refractivity contribution in [3.8, 4) is 0 Å². The lowest BCUT2D eigenvalue weighted by molar-refractivity contribution is 0.211. The maximum atomic E-state index is 3.82. The van der Waals surface area contributed by atoms with Gasteiger partial charge in [0, 0.05) is 18.6 Å². The first-order valence-electron chi connectivity index (χ1n) is 5.30. The Kier molecular flexibility index (Phi) is 4.46. The van der Waals surface area contributed by atoms with Crippen LogP contribution in [0.4, 0.5) is 0 Å². The van der Waals surface area contributed by atoms with Gasteiger partial charge in [-0.15, -0.1) is 6.58 Å². The summed E-state index contributed by atoms with van der Waals surface area (Å²) in [6.07, 6.45) is 6.03. The normalized spacial score (nSPS) is 19.0. The van der Waals surface area contributed by atoms with Crippen LogP contribution in [0.15, 0.2) is 12.7 Å². The van der Waals surface area contributed by atoms with Gasteiger partial charge in [-0.3, -0.25) is 4.90 Å². The van der Waals surface area contributed by atoms with Gasteiger partial charge in [-0.1, -0.05) is 6.08 Å². The van der Waals surface area contributed by atoms with Gasteiger partial charge in [0.05, 0.1) is 0 Å². The van der Waals surface area contributed by atoms with Crippen LogP contribution in [0.5, 0.6) is 0 Å². The van der Waals surface area contributed by atoms with Crippen molar-refractivity contribution >= 4 is 0 Å². The second kappa shape index (κ2) is 5.40. The first kappa shape index (κ1) is 10.7. The average molecular weight is 182 g/mol. The van der Waals surface area contributed by atoms with E-state index in [-0.39, 0.29) is 0 Å². The topological polar surface area (TPSA) is 15.3 Å². The van der Waals surface area contributed by atoms with E-state index in [1.54, 1.807) is 0 Å². The second-order valence-corrected chi connectivity index (χ2v) is 3.96. The number of nitrogens with one attached hydrogen (secondary N) is 1. The summed E-state index contributed by atoms with van der Waals surface area (Å²) in [4.78, 5) is 2.57. The van der Waals surface area contributed by atoms with Crippen molar-refractivity contribution in [2.24, 2.45) is 0 Å². The molecule has 1 atom stereocenters. The molecule has 76 valence electrons. The maximum absolute atomic E-state index is 3.82. The first-order chi connectivity index (χ1) is 6.29. The molecule has 0 aromatic rings. The largest absolute Gasteiger partial charge is 0.320 e. The third kappa shape index (κ3) is 3.49. The Morgan fingerprint density at radius 1 is 1.62 bits per heavy atom. The molecule has 0 bridgehead atoms. The molecule has 1 saturated carbocycles. The zero-order valence-electron chi connectivity index (χ0n) is 8.92. The molecule has 1 fully saturated rings. The molecule has 0 spiro atoms. The SMILES string of the molecule is C=CCN(C(C)CCNC)C1CC1. The van der Waals surface area contributed by atoms with E-state index in [1.165, 1.54) is 19.3 Å². The summed E-state index contributed by atoms with van der Waals surface area (Å²) in [5.74, 6) is 0. The van der Waals surface area contributed by atoms with Gasteiger partial charge < -0.3 is 5.32 Å². The Balaban J connectivity index is 2.29. The fourth-order valence-electron chi connectivity index (χ4n) is 1.76. The van der Waals surface area contributed by atoms with E-state index in [1.807, 2.05) is 13.1 Å². The zero-order chi connectivity index (χ0) is 9.68. The molecule has 0 aliphatic heterocycles. The minimum absolute atomic E-state index is 0.693. The van der Waals surface area contributed by atoms with E-state index < -0.39 is 0 Å². The van der Waals surface area contributed by atoms with Crippen LogP contribution in [0.1, 0.15) is 26.2 Å². The van der Waals surface area contributed by atoms with Crippen molar-refractivity contribution in [2.75, 3.05) is 20.1 Å². The molecule has 1 aliphatic rings. The third-order valence-electron chi connectivity index (χ3n) is 2.73. The van der Waals surface area contributed by atoms with Gasteiger partial charge in [0.25, 0.3) is 0 Å². The van der Waals surface area contributed by atoms with E-state index in [2.05, 4.69) is 23.7 Å². The highest BCUT2D eigenvalue weighted by atomic mass is 15.2. The van der Waals surface area contributed by atoms with E-state index >= 15 is 0 Å². The monoisotopic (exact) mass is 182 g/mol. The summed E-state index contributed by atoms with van der Waals surface area (Å²) in [6.45, 7) is 8.30. The van der Waals surface area contributed by atoms with Crippen LogP contribution < -0.4 is 5.32 Å². The standard InChI is InChI=1S/C11H22N2/c1-4-9-13(11-5-6-11)10(2)7-8-12-3/h4,10-12H,1,5-9H2,2-3H3. The van der Waals surface area contributed by atoms with Crippen molar-refractivity contribution in [1.82, 2.24) is 10.2 Å². The van der Waals surface area contributed by atoms with Gasteiger partial charge in [-0.25, -0.2) is 0 Å². The van der Waals surface area contributed by atoms with Gasteiger partial charge >= 0.3 is 0 Å². The molecule has 0 aromatic carbocycles. The lowest BCUT2D eigenvalue weighted by atomic mass is 10.2. The highest BCUT2D eigenvalue weighted by molar-refractivity contribution is 4.90. The summed E-state index contributed by atoms with van der Waals surface area (Å²) in [6, 6.07) is 1.54. The summed E-state index contributed by atoms with van der Waals surface area (Å²) in [7, 11) is 2.02. The maximum Gasteiger partial charge on any atom is 0.0166 e. The van der Waals surface area contributed by atoms with Crippen LogP contribution >= 0.6 is 0 Å². The number of hydrogen-bond donors (Lipinski definition) is 1. The summed E-state index contributed by atoms with van der Waals surface area (Å²) in [5, 5.41) is 3.20. The van der Waals surface area contributed by atoms with Crippen LogP contribution in [0, 0.1) is 0 Å². The molecule has 1 rings (SSSR count). The Hall–Kier alpha value is -0.340. The number of rotatable bonds is 7. The number of hydrogen-bond acceptors (Lipinski definition) is 2. The molecule has 2 heteroatoms. The van der Waals surface area contributed by atoms with E-state index in [0.29, 0.717) is 6.04 Å². The van der Waals surface area contributed by atoms with Gasteiger partial charge in [0.15, 0.2) is 0 Å². The molecule has 1 N–H and O–H groups in total. The van der Waals surface area contributed by atoms with E-state index in [4.69, 9.17) is 0 Å². The van der Waals surface area contributed by atoms with Gasteiger partial charge in [-0.2, -0.15) is 0 Å². The molecule has 0 heterocycles. The molecule has 0 aromatic heterocycles. The second-order valence-electron chi connectivity index (χ2n) is 3.96. The molecule has 0 saturated heterocycles. The van der Waals surface area contributed by atoms with Crippen molar-refractivity contribution in [1.29, 1.82) is 0 Å². The van der Waals surface area contributed by atoms with Crippen LogP contribution in [0.2, 0.25) is 0 Å². The molecule has 13 heavy (non-hydrogen) atoms. The smallest absolute Gasteiger partial charge is 0.0166 e. The molecule has 2 nitrogen and oxygen atoms in total. The first-order valence-corrected chi connectivity index (χ1v) is 5.30. The fourth-order valence-corrected chi connectivity index (χ4v) is 1.76. The Morgan fingerprint density at radius 3 is 2.77 bits per heavy atom. The van der Waals surface area contributed by atoms with Crippen molar-refractivity contribution in [2.45, 2.75) is 38.3 Å². The van der Waals surface area contributed by atoms with Crippen LogP contribution in [-0.2, 0) is 0 Å². The highest BCUT2D eigenvalue weighted by Gasteiger charge is 2.30. The average Bonchev–Trinajstić information content (AvgIpc) is 2.93. The molecular weight excluding hydrogens is 160 g/mol. The predicted octanol–water partition coefficient (Wildman–Crippen LogP) is 1.63. The summed E-state index contributed by atoms with van der Waals surface area (Å²) < 4.78 is 0. The molecule has 0 radical (unpaired) electrons. The molecular formula is C11H22N2. The van der Waals surface area contributed by atoms with Gasteiger partial charge in [0.1, 0.15) is 0 Å². The lowest BCUT2D eigenvalue weighted by Gasteiger charge is -2.27. The van der Waals surface area contributed by atoms with Crippen LogP contribution in [0.3, 0.4) is 0 Å². The summed E-state index contributed by atoms with van der Waals surface area (Å²) >= 11 is 0. The highest BCUT2D eigenvalue weighted by Crippen LogP contribution is 2.28. The minimum Gasteiger partial charge on any atom is -0.320 e. The Morgan fingerprint density at radius 2 is 2.31 bits per heavy atom. The minimum atomic E-state index is 0.693. The van der Waals surface area contributed by atoms with Crippen LogP contribution in [0.25, 0.3) is 0 Å². The zero-order valence-corrected chi connectivity index (χ0v) is 8.92. The quantitative estimate of drug-likeness (QED) is 0.602. The Bertz CT molecular complexity index is 152. The van der Waals surface area contributed by atoms with Gasteiger partial charge in [0.2, 0.25) is 0 Å². The third-order valence-corrected chi connectivity index (χ3v) is 2.73. The van der Waals surface area contributed by atoms with Crippen molar-refractivity contribution in [3.63, 3.8) is 0 Å². The number of nitrogens with zero attached hydrogens (tertiary/aromatic N) is 1. The van der Waals surface area contributed by atoms with Crippen molar-refractivity contribution < 1.29 is 0 Å². The van der Waals surface area contributed by atoms with Crippen LogP contribution in [-0.4, -0.2) is 37.1 Å².